The summed E-state index contributed by atoms with van der Waals surface area (Å²) in [5, 5.41) is 23.0. The Balaban J connectivity index is 1.49. The summed E-state index contributed by atoms with van der Waals surface area (Å²) in [6.07, 6.45) is 2.84. The molecule has 3 heterocycles. The van der Waals surface area contributed by atoms with Crippen molar-refractivity contribution in [3.05, 3.63) is 70.0 Å². The second-order valence-electron chi connectivity index (χ2n) is 7.20. The summed E-state index contributed by atoms with van der Waals surface area (Å²) in [6.45, 7) is 6.43. The van der Waals surface area contributed by atoms with Gasteiger partial charge < -0.3 is 10.8 Å². The second kappa shape index (κ2) is 7.87. The topological polar surface area (TPSA) is 97.0 Å². The lowest BCUT2D eigenvalue weighted by Gasteiger charge is -2.13. The second-order valence-corrected chi connectivity index (χ2v) is 8.23. The molecule has 4 aromatic rings. The number of aliphatic hydroxyl groups excluding tert-OH is 1. The summed E-state index contributed by atoms with van der Waals surface area (Å²) < 4.78 is 0. The van der Waals surface area contributed by atoms with Crippen molar-refractivity contribution in [1.29, 1.82) is 0 Å². The van der Waals surface area contributed by atoms with Gasteiger partial charge in [0.25, 0.3) is 0 Å². The number of nitrogens with two attached hydrogens (primary N) is 1. The Morgan fingerprint density at radius 2 is 1.83 bits per heavy atom. The molecule has 0 bridgehead atoms. The van der Waals surface area contributed by atoms with Crippen LogP contribution in [0.2, 0.25) is 0 Å². The minimum absolute atomic E-state index is 0.519. The van der Waals surface area contributed by atoms with Crippen LogP contribution >= 0.6 is 11.3 Å². The van der Waals surface area contributed by atoms with Gasteiger partial charge in [-0.1, -0.05) is 24.3 Å². The van der Waals surface area contributed by atoms with Crippen molar-refractivity contribution >= 4 is 27.2 Å². The molecule has 148 valence electrons. The van der Waals surface area contributed by atoms with Gasteiger partial charge in [-0.3, -0.25) is 10.3 Å². The quantitative estimate of drug-likeness (QED) is 0.434. The van der Waals surface area contributed by atoms with E-state index in [1.54, 1.807) is 0 Å². The summed E-state index contributed by atoms with van der Waals surface area (Å²) in [7, 11) is 0. The standard InChI is InChI=1S/C22H23N5OS/c1-12-8-17(11-24-9-12)16-6-4-15(5-7-16)10-25-21(28)20-19(23)18-13(2)14(3)26-27-22(18)29-20/h4-9,11,21,25,28H,10,23H2,1-3H3. The Morgan fingerprint density at radius 3 is 2.55 bits per heavy atom. The SMILES string of the molecule is Cc1cncc(-c2ccc(CNC(O)c3sc4nnc(C)c(C)c4c3N)cc2)c1. The van der Waals surface area contributed by atoms with Gasteiger partial charge in [-0.2, -0.15) is 5.10 Å². The van der Waals surface area contributed by atoms with Gasteiger partial charge in [0.05, 0.1) is 16.3 Å². The van der Waals surface area contributed by atoms with E-state index in [0.29, 0.717) is 17.1 Å². The molecule has 4 N–H and O–H groups in total. The molecule has 0 amide bonds. The van der Waals surface area contributed by atoms with Crippen LogP contribution in [0.4, 0.5) is 5.69 Å². The monoisotopic (exact) mass is 405 g/mol. The summed E-state index contributed by atoms with van der Waals surface area (Å²) in [6, 6.07) is 10.3. The number of nitrogens with one attached hydrogen (secondary N) is 1. The van der Waals surface area contributed by atoms with Crippen LogP contribution in [0.1, 0.15) is 33.5 Å². The highest BCUT2D eigenvalue weighted by Gasteiger charge is 2.20. The maximum Gasteiger partial charge on any atom is 0.148 e. The van der Waals surface area contributed by atoms with Crippen LogP contribution in [-0.2, 0) is 6.54 Å². The minimum Gasteiger partial charge on any atom is -0.397 e. The van der Waals surface area contributed by atoms with Gasteiger partial charge in [0.2, 0.25) is 0 Å². The molecule has 29 heavy (non-hydrogen) atoms. The van der Waals surface area contributed by atoms with E-state index in [4.69, 9.17) is 5.73 Å². The lowest BCUT2D eigenvalue weighted by atomic mass is 10.0. The Bertz CT molecular complexity index is 1170. The van der Waals surface area contributed by atoms with E-state index in [0.717, 1.165) is 43.7 Å². The van der Waals surface area contributed by atoms with Crippen LogP contribution in [0.5, 0.6) is 0 Å². The highest BCUT2D eigenvalue weighted by Crippen LogP contribution is 2.37. The number of pyridine rings is 1. The Kier molecular flexibility index (Phi) is 5.27. The first kappa shape index (κ1) is 19.4. The molecule has 4 rings (SSSR count). The molecule has 1 unspecified atom stereocenters. The highest BCUT2D eigenvalue weighted by molar-refractivity contribution is 7.19. The summed E-state index contributed by atoms with van der Waals surface area (Å²) in [5.74, 6) is 0. The molecule has 0 aliphatic carbocycles. The number of fused-ring (bicyclic) bond motifs is 1. The van der Waals surface area contributed by atoms with Gasteiger partial charge in [0.15, 0.2) is 0 Å². The van der Waals surface area contributed by atoms with Crippen molar-refractivity contribution in [2.24, 2.45) is 0 Å². The van der Waals surface area contributed by atoms with Crippen molar-refractivity contribution in [2.45, 2.75) is 33.5 Å². The van der Waals surface area contributed by atoms with Gasteiger partial charge in [-0.05, 0) is 49.1 Å². The van der Waals surface area contributed by atoms with Crippen LogP contribution in [0.25, 0.3) is 21.3 Å². The van der Waals surface area contributed by atoms with E-state index in [1.165, 1.54) is 11.3 Å². The zero-order valence-electron chi connectivity index (χ0n) is 16.6. The molecule has 0 saturated carbocycles. The third kappa shape index (κ3) is 3.85. The van der Waals surface area contributed by atoms with E-state index in [2.05, 4.69) is 38.7 Å². The van der Waals surface area contributed by atoms with E-state index < -0.39 is 6.23 Å². The largest absolute Gasteiger partial charge is 0.397 e. The Labute approximate surface area is 173 Å². The Morgan fingerprint density at radius 1 is 1.07 bits per heavy atom. The normalized spacial score (nSPS) is 12.4. The van der Waals surface area contributed by atoms with Crippen LogP contribution in [0, 0.1) is 20.8 Å². The number of benzene rings is 1. The molecule has 0 aliphatic rings. The van der Waals surface area contributed by atoms with Crippen molar-refractivity contribution < 1.29 is 5.11 Å². The molecule has 0 saturated heterocycles. The molecule has 3 aromatic heterocycles. The number of anilines is 1. The van der Waals surface area contributed by atoms with Crippen molar-refractivity contribution in [3.63, 3.8) is 0 Å². The maximum atomic E-state index is 10.6. The lowest BCUT2D eigenvalue weighted by molar-refractivity contribution is 0.141. The third-order valence-corrected chi connectivity index (χ3v) is 6.22. The van der Waals surface area contributed by atoms with Crippen molar-refractivity contribution in [3.8, 4) is 11.1 Å². The van der Waals surface area contributed by atoms with E-state index >= 15 is 0 Å². The lowest BCUT2D eigenvalue weighted by Crippen LogP contribution is -2.20. The molecule has 0 radical (unpaired) electrons. The number of hydrogen-bond donors (Lipinski definition) is 3. The van der Waals surface area contributed by atoms with Gasteiger partial charge in [0.1, 0.15) is 11.1 Å². The number of rotatable bonds is 5. The molecular weight excluding hydrogens is 382 g/mol. The minimum atomic E-state index is -0.866. The number of hydrogen-bond acceptors (Lipinski definition) is 7. The first-order valence-corrected chi connectivity index (χ1v) is 10.2. The summed E-state index contributed by atoms with van der Waals surface area (Å²) in [4.78, 5) is 5.67. The smallest absolute Gasteiger partial charge is 0.148 e. The average Bonchev–Trinajstić information content (AvgIpc) is 3.06. The van der Waals surface area contributed by atoms with E-state index in [9.17, 15) is 5.11 Å². The molecule has 0 spiro atoms. The number of nitrogens with zero attached hydrogens (tertiary/aromatic N) is 3. The summed E-state index contributed by atoms with van der Waals surface area (Å²) >= 11 is 1.37. The molecule has 0 aliphatic heterocycles. The number of nitrogen functional groups attached to an aromatic ring is 1. The Hall–Kier alpha value is -2.87. The molecular formula is C22H23N5OS. The fourth-order valence-corrected chi connectivity index (χ4v) is 4.36. The van der Waals surface area contributed by atoms with Crippen molar-refractivity contribution in [1.82, 2.24) is 20.5 Å². The highest BCUT2D eigenvalue weighted by atomic mass is 32.1. The van der Waals surface area contributed by atoms with Crippen LogP contribution in [0.3, 0.4) is 0 Å². The zero-order valence-corrected chi connectivity index (χ0v) is 17.4. The number of aryl methyl sites for hydroxylation is 3. The fraction of sp³-hybridized carbons (Fsp3) is 0.227. The zero-order chi connectivity index (χ0) is 20.5. The molecule has 7 heteroatoms. The predicted octanol–water partition coefficient (Wildman–Crippen LogP) is 4.04. The molecule has 6 nitrogen and oxygen atoms in total. The molecule has 0 fully saturated rings. The molecule has 1 aromatic carbocycles. The van der Waals surface area contributed by atoms with Gasteiger partial charge >= 0.3 is 0 Å². The van der Waals surface area contributed by atoms with Gasteiger partial charge in [0, 0.05) is 29.9 Å². The van der Waals surface area contributed by atoms with E-state index in [-0.39, 0.29) is 0 Å². The first-order valence-electron chi connectivity index (χ1n) is 9.38. The number of aliphatic hydroxyl groups is 1. The van der Waals surface area contributed by atoms with Crippen LogP contribution in [0.15, 0.2) is 42.7 Å². The maximum absolute atomic E-state index is 10.6. The fourth-order valence-electron chi connectivity index (χ4n) is 3.30. The van der Waals surface area contributed by atoms with Crippen LogP contribution < -0.4 is 11.1 Å². The predicted molar refractivity (Wildman–Crippen MR) is 118 cm³/mol. The van der Waals surface area contributed by atoms with Crippen molar-refractivity contribution in [2.75, 3.05) is 5.73 Å². The van der Waals surface area contributed by atoms with Gasteiger partial charge in [-0.25, -0.2) is 0 Å². The number of thiophene rings is 1. The summed E-state index contributed by atoms with van der Waals surface area (Å²) in [5.41, 5.74) is 13.1. The molecule has 1 atom stereocenters. The third-order valence-electron chi connectivity index (χ3n) is 5.07. The number of aromatic nitrogens is 3. The van der Waals surface area contributed by atoms with E-state index in [1.807, 2.05) is 45.3 Å². The first-order chi connectivity index (χ1) is 13.9. The van der Waals surface area contributed by atoms with Crippen LogP contribution in [-0.4, -0.2) is 20.3 Å². The van der Waals surface area contributed by atoms with Gasteiger partial charge in [-0.15, -0.1) is 16.4 Å². The average molecular weight is 406 g/mol.